The van der Waals surface area contributed by atoms with Gasteiger partial charge in [-0.05, 0) is 51.6 Å². The third-order valence-electron chi connectivity index (χ3n) is 3.22. The van der Waals surface area contributed by atoms with Crippen molar-refractivity contribution in [1.29, 1.82) is 0 Å². The monoisotopic (exact) mass is 240 g/mol. The van der Waals surface area contributed by atoms with Gasteiger partial charge in [0.2, 0.25) is 0 Å². The third kappa shape index (κ3) is 3.48. The topological polar surface area (TPSA) is 29.3 Å². The Hall–Kier alpha value is -0.570. The van der Waals surface area contributed by atoms with Crippen molar-refractivity contribution in [2.75, 3.05) is 13.6 Å². The van der Waals surface area contributed by atoms with Gasteiger partial charge in [-0.3, -0.25) is 4.90 Å². The molecule has 0 bridgehead atoms. The van der Waals surface area contributed by atoms with Gasteiger partial charge in [-0.15, -0.1) is 0 Å². The standard InChI is InChI=1S/C13H21ClN2/c1-10(7-8-15)16(3)11(2)12-5-4-6-13(14)9-12/h4-6,9-11H,7-8,15H2,1-3H3. The molecule has 0 spiro atoms. The fraction of sp³-hybridized carbons (Fsp3) is 0.538. The highest BCUT2D eigenvalue weighted by Gasteiger charge is 2.16. The van der Waals surface area contributed by atoms with Crippen molar-refractivity contribution in [3.8, 4) is 0 Å². The predicted octanol–water partition coefficient (Wildman–Crippen LogP) is 3.07. The van der Waals surface area contributed by atoms with E-state index in [9.17, 15) is 0 Å². The highest BCUT2D eigenvalue weighted by Crippen LogP contribution is 2.23. The fourth-order valence-electron chi connectivity index (χ4n) is 1.83. The normalized spacial score (nSPS) is 15.1. The first-order valence-corrected chi connectivity index (χ1v) is 6.11. The summed E-state index contributed by atoms with van der Waals surface area (Å²) in [4.78, 5) is 2.33. The summed E-state index contributed by atoms with van der Waals surface area (Å²) in [6, 6.07) is 8.88. The van der Waals surface area contributed by atoms with E-state index in [1.807, 2.05) is 18.2 Å². The molecule has 2 N–H and O–H groups in total. The summed E-state index contributed by atoms with van der Waals surface area (Å²) < 4.78 is 0. The molecule has 0 radical (unpaired) electrons. The number of nitrogens with two attached hydrogens (primary N) is 1. The van der Waals surface area contributed by atoms with Crippen LogP contribution in [0, 0.1) is 0 Å². The summed E-state index contributed by atoms with van der Waals surface area (Å²) >= 11 is 6.00. The van der Waals surface area contributed by atoms with Gasteiger partial charge in [-0.25, -0.2) is 0 Å². The summed E-state index contributed by atoms with van der Waals surface area (Å²) in [6.45, 7) is 5.13. The lowest BCUT2D eigenvalue weighted by Gasteiger charge is -2.31. The van der Waals surface area contributed by atoms with E-state index in [4.69, 9.17) is 17.3 Å². The molecule has 0 saturated heterocycles. The fourth-order valence-corrected chi connectivity index (χ4v) is 2.03. The van der Waals surface area contributed by atoms with Crippen LogP contribution in [0.25, 0.3) is 0 Å². The van der Waals surface area contributed by atoms with Gasteiger partial charge in [0.1, 0.15) is 0 Å². The highest BCUT2D eigenvalue weighted by molar-refractivity contribution is 6.30. The Kier molecular flexibility index (Phi) is 5.26. The van der Waals surface area contributed by atoms with Crippen molar-refractivity contribution in [1.82, 2.24) is 4.90 Å². The number of rotatable bonds is 5. The smallest absolute Gasteiger partial charge is 0.0409 e. The van der Waals surface area contributed by atoms with Crippen molar-refractivity contribution in [2.45, 2.75) is 32.4 Å². The van der Waals surface area contributed by atoms with Crippen molar-refractivity contribution < 1.29 is 0 Å². The Labute approximate surface area is 103 Å². The second-order valence-corrected chi connectivity index (χ2v) is 4.76. The molecule has 16 heavy (non-hydrogen) atoms. The van der Waals surface area contributed by atoms with Crippen LogP contribution >= 0.6 is 11.6 Å². The largest absolute Gasteiger partial charge is 0.330 e. The maximum atomic E-state index is 6.00. The zero-order chi connectivity index (χ0) is 12.1. The Bertz CT molecular complexity index is 327. The van der Waals surface area contributed by atoms with Crippen molar-refractivity contribution in [3.05, 3.63) is 34.9 Å². The van der Waals surface area contributed by atoms with E-state index < -0.39 is 0 Å². The Morgan fingerprint density at radius 3 is 2.62 bits per heavy atom. The lowest BCUT2D eigenvalue weighted by Crippen LogP contribution is -2.33. The van der Waals surface area contributed by atoms with Crippen LogP contribution in [0.2, 0.25) is 5.02 Å². The summed E-state index contributed by atoms with van der Waals surface area (Å²) in [5, 5.41) is 0.796. The van der Waals surface area contributed by atoms with Crippen molar-refractivity contribution in [3.63, 3.8) is 0 Å². The third-order valence-corrected chi connectivity index (χ3v) is 3.46. The first kappa shape index (κ1) is 13.5. The number of halogens is 1. The van der Waals surface area contributed by atoms with E-state index in [-0.39, 0.29) is 0 Å². The van der Waals surface area contributed by atoms with E-state index in [0.717, 1.165) is 18.0 Å². The van der Waals surface area contributed by atoms with E-state index in [0.29, 0.717) is 12.1 Å². The summed E-state index contributed by atoms with van der Waals surface area (Å²) in [7, 11) is 2.13. The number of hydrogen-bond donors (Lipinski definition) is 1. The molecule has 0 heterocycles. The highest BCUT2D eigenvalue weighted by atomic mass is 35.5. The van der Waals surface area contributed by atoms with Crippen LogP contribution in [0.4, 0.5) is 0 Å². The SMILES string of the molecule is CC(CCN)N(C)C(C)c1cccc(Cl)c1. The quantitative estimate of drug-likeness (QED) is 0.857. The lowest BCUT2D eigenvalue weighted by atomic mass is 10.1. The van der Waals surface area contributed by atoms with E-state index >= 15 is 0 Å². The molecule has 0 aliphatic rings. The van der Waals surface area contributed by atoms with Crippen molar-refractivity contribution >= 4 is 11.6 Å². The van der Waals surface area contributed by atoms with Crippen LogP contribution in [0.1, 0.15) is 31.9 Å². The summed E-state index contributed by atoms with van der Waals surface area (Å²) in [6.07, 6.45) is 1.02. The minimum absolute atomic E-state index is 0.361. The number of hydrogen-bond acceptors (Lipinski definition) is 2. The minimum atomic E-state index is 0.361. The zero-order valence-electron chi connectivity index (χ0n) is 10.3. The average Bonchev–Trinajstić information content (AvgIpc) is 2.27. The van der Waals surface area contributed by atoms with Gasteiger partial charge in [0.05, 0.1) is 0 Å². The Morgan fingerprint density at radius 1 is 1.38 bits per heavy atom. The molecule has 0 fully saturated rings. The molecule has 1 aromatic carbocycles. The minimum Gasteiger partial charge on any atom is -0.330 e. The van der Waals surface area contributed by atoms with Crippen LogP contribution in [0.15, 0.2) is 24.3 Å². The molecule has 2 atom stereocenters. The van der Waals surface area contributed by atoms with Gasteiger partial charge >= 0.3 is 0 Å². The molecule has 0 amide bonds. The molecule has 0 aliphatic carbocycles. The van der Waals surface area contributed by atoms with Gasteiger partial charge in [-0.1, -0.05) is 23.7 Å². The van der Waals surface area contributed by atoms with Crippen LogP contribution < -0.4 is 5.73 Å². The maximum Gasteiger partial charge on any atom is 0.0409 e. The molecule has 0 saturated carbocycles. The van der Waals surface area contributed by atoms with Crippen LogP contribution in [-0.2, 0) is 0 Å². The molecule has 0 aliphatic heterocycles. The molecule has 1 aromatic rings. The first-order valence-electron chi connectivity index (χ1n) is 5.73. The Balaban J connectivity index is 2.73. The number of benzene rings is 1. The average molecular weight is 241 g/mol. The summed E-state index contributed by atoms with van der Waals surface area (Å²) in [5.41, 5.74) is 6.83. The predicted molar refractivity (Wildman–Crippen MR) is 70.8 cm³/mol. The molecular weight excluding hydrogens is 220 g/mol. The second kappa shape index (κ2) is 6.24. The molecule has 90 valence electrons. The second-order valence-electron chi connectivity index (χ2n) is 4.32. The van der Waals surface area contributed by atoms with Crippen LogP contribution in [0.5, 0.6) is 0 Å². The van der Waals surface area contributed by atoms with Gasteiger partial charge < -0.3 is 5.73 Å². The van der Waals surface area contributed by atoms with Crippen molar-refractivity contribution in [2.24, 2.45) is 5.73 Å². The van der Waals surface area contributed by atoms with Gasteiger partial charge in [-0.2, -0.15) is 0 Å². The number of nitrogens with zero attached hydrogens (tertiary/aromatic N) is 1. The van der Waals surface area contributed by atoms with E-state index in [1.54, 1.807) is 0 Å². The lowest BCUT2D eigenvalue weighted by molar-refractivity contribution is 0.190. The van der Waals surface area contributed by atoms with Crippen LogP contribution in [-0.4, -0.2) is 24.5 Å². The van der Waals surface area contributed by atoms with E-state index in [2.05, 4.69) is 31.9 Å². The molecule has 2 unspecified atom stereocenters. The summed E-state index contributed by atoms with van der Waals surface area (Å²) in [5.74, 6) is 0. The zero-order valence-corrected chi connectivity index (χ0v) is 11.0. The first-order chi connectivity index (χ1) is 7.56. The Morgan fingerprint density at radius 2 is 2.06 bits per heavy atom. The molecule has 0 aromatic heterocycles. The molecule has 1 rings (SSSR count). The maximum absolute atomic E-state index is 6.00. The van der Waals surface area contributed by atoms with Gasteiger partial charge in [0.15, 0.2) is 0 Å². The van der Waals surface area contributed by atoms with Gasteiger partial charge in [0, 0.05) is 17.1 Å². The molecular formula is C13H21ClN2. The van der Waals surface area contributed by atoms with E-state index in [1.165, 1.54) is 5.56 Å². The van der Waals surface area contributed by atoms with Crippen LogP contribution in [0.3, 0.4) is 0 Å². The van der Waals surface area contributed by atoms with Gasteiger partial charge in [0.25, 0.3) is 0 Å². The molecule has 3 heteroatoms. The molecule has 2 nitrogen and oxygen atoms in total.